The summed E-state index contributed by atoms with van der Waals surface area (Å²) in [5, 5.41) is 2.96. The number of hydrogen-bond acceptors (Lipinski definition) is 3. The van der Waals surface area contributed by atoms with E-state index in [2.05, 4.69) is 33.1 Å². The van der Waals surface area contributed by atoms with Crippen LogP contribution in [0.25, 0.3) is 0 Å². The lowest BCUT2D eigenvalue weighted by molar-refractivity contribution is 0.0582. The molecule has 2 aromatic carbocycles. The summed E-state index contributed by atoms with van der Waals surface area (Å²) in [6.45, 7) is 5.70. The Morgan fingerprint density at radius 3 is 2.79 bits per heavy atom. The SMILES string of the molecule is CCN1c2cc(C(=O)Nc3ccc(Br)c(C)c3)ccc2C(=O)N2CCCC[C@@H]21. The van der Waals surface area contributed by atoms with Crippen molar-refractivity contribution in [3.05, 3.63) is 57.6 Å². The predicted molar refractivity (Wildman–Crippen MR) is 115 cm³/mol. The van der Waals surface area contributed by atoms with E-state index < -0.39 is 0 Å². The smallest absolute Gasteiger partial charge is 0.257 e. The summed E-state index contributed by atoms with van der Waals surface area (Å²) in [6, 6.07) is 11.1. The number of benzene rings is 2. The van der Waals surface area contributed by atoms with E-state index in [0.717, 1.165) is 53.8 Å². The summed E-state index contributed by atoms with van der Waals surface area (Å²) in [5.74, 6) is -0.0843. The Labute approximate surface area is 173 Å². The van der Waals surface area contributed by atoms with Crippen LogP contribution in [0.4, 0.5) is 11.4 Å². The van der Waals surface area contributed by atoms with Crippen molar-refractivity contribution in [2.75, 3.05) is 23.3 Å². The third-order valence-electron chi connectivity index (χ3n) is 5.65. The van der Waals surface area contributed by atoms with Gasteiger partial charge in [-0.25, -0.2) is 0 Å². The lowest BCUT2D eigenvalue weighted by Gasteiger charge is -2.47. The van der Waals surface area contributed by atoms with Gasteiger partial charge < -0.3 is 15.1 Å². The number of piperidine rings is 1. The fourth-order valence-corrected chi connectivity index (χ4v) is 4.43. The molecule has 1 saturated heterocycles. The number of nitrogens with one attached hydrogen (secondary N) is 1. The molecule has 2 heterocycles. The summed E-state index contributed by atoms with van der Waals surface area (Å²) >= 11 is 3.48. The van der Waals surface area contributed by atoms with Gasteiger partial charge in [-0.2, -0.15) is 0 Å². The molecule has 1 atom stereocenters. The largest absolute Gasteiger partial charge is 0.351 e. The molecule has 2 amide bonds. The highest BCUT2D eigenvalue weighted by atomic mass is 79.9. The first-order valence-electron chi connectivity index (χ1n) is 9.78. The Balaban J connectivity index is 1.65. The van der Waals surface area contributed by atoms with Gasteiger partial charge >= 0.3 is 0 Å². The fraction of sp³-hybridized carbons (Fsp3) is 0.364. The lowest BCUT2D eigenvalue weighted by atomic mass is 9.97. The molecule has 2 aliphatic heterocycles. The standard InChI is InChI=1S/C22H24BrN3O2/c1-3-25-19-13-15(21(27)24-16-8-10-18(23)14(2)12-16)7-9-17(19)22(28)26-11-5-4-6-20(25)26/h7-10,12-13,20H,3-6,11H2,1-2H3,(H,24,27)/t20-/m1/s1. The Morgan fingerprint density at radius 1 is 1.21 bits per heavy atom. The minimum absolute atomic E-state index is 0.0832. The van der Waals surface area contributed by atoms with Crippen molar-refractivity contribution in [2.45, 2.75) is 39.3 Å². The third kappa shape index (κ3) is 3.30. The van der Waals surface area contributed by atoms with Crippen molar-refractivity contribution in [3.63, 3.8) is 0 Å². The molecule has 0 spiro atoms. The van der Waals surface area contributed by atoms with Crippen molar-refractivity contribution < 1.29 is 9.59 Å². The van der Waals surface area contributed by atoms with Gasteiger partial charge in [-0.15, -0.1) is 0 Å². The summed E-state index contributed by atoms with van der Waals surface area (Å²) < 4.78 is 1.01. The number of rotatable bonds is 3. The van der Waals surface area contributed by atoms with Crippen molar-refractivity contribution in [3.8, 4) is 0 Å². The van der Waals surface area contributed by atoms with Crippen molar-refractivity contribution in [2.24, 2.45) is 0 Å². The average molecular weight is 442 g/mol. The Hall–Kier alpha value is -2.34. The van der Waals surface area contributed by atoms with Crippen LogP contribution in [0.3, 0.4) is 0 Å². The van der Waals surface area contributed by atoms with Crippen LogP contribution in [-0.4, -0.2) is 36.0 Å². The molecule has 0 saturated carbocycles. The number of amides is 2. The molecule has 0 unspecified atom stereocenters. The summed E-state index contributed by atoms with van der Waals surface area (Å²) in [6.07, 6.45) is 3.27. The minimum Gasteiger partial charge on any atom is -0.351 e. The molecule has 0 radical (unpaired) electrons. The van der Waals surface area contributed by atoms with E-state index in [9.17, 15) is 9.59 Å². The normalized spacial score (nSPS) is 18.5. The van der Waals surface area contributed by atoms with E-state index in [0.29, 0.717) is 11.1 Å². The van der Waals surface area contributed by atoms with Crippen LogP contribution in [0.15, 0.2) is 40.9 Å². The molecule has 0 aliphatic carbocycles. The summed E-state index contributed by atoms with van der Waals surface area (Å²) in [4.78, 5) is 30.0. The van der Waals surface area contributed by atoms with Gasteiger partial charge in [0.1, 0.15) is 6.17 Å². The van der Waals surface area contributed by atoms with Gasteiger partial charge in [-0.3, -0.25) is 9.59 Å². The maximum Gasteiger partial charge on any atom is 0.257 e. The van der Waals surface area contributed by atoms with Crippen LogP contribution >= 0.6 is 15.9 Å². The molecule has 0 aromatic heterocycles. The van der Waals surface area contributed by atoms with Crippen LogP contribution < -0.4 is 10.2 Å². The molecule has 1 N–H and O–H groups in total. The summed E-state index contributed by atoms with van der Waals surface area (Å²) in [5.41, 5.74) is 3.94. The van der Waals surface area contributed by atoms with E-state index in [1.54, 1.807) is 12.1 Å². The second-order valence-electron chi connectivity index (χ2n) is 7.41. The fourth-order valence-electron chi connectivity index (χ4n) is 4.19. The van der Waals surface area contributed by atoms with Crippen LogP contribution in [0.2, 0.25) is 0 Å². The van der Waals surface area contributed by atoms with E-state index >= 15 is 0 Å². The van der Waals surface area contributed by atoms with Crippen LogP contribution in [-0.2, 0) is 0 Å². The zero-order valence-corrected chi connectivity index (χ0v) is 17.8. The van der Waals surface area contributed by atoms with Crippen molar-refractivity contribution in [1.29, 1.82) is 0 Å². The molecule has 2 aromatic rings. The number of hydrogen-bond donors (Lipinski definition) is 1. The van der Waals surface area contributed by atoms with Crippen molar-refractivity contribution in [1.82, 2.24) is 4.90 Å². The Kier molecular flexibility index (Phi) is 5.15. The highest BCUT2D eigenvalue weighted by Crippen LogP contribution is 2.36. The molecule has 28 heavy (non-hydrogen) atoms. The molecule has 146 valence electrons. The minimum atomic E-state index is -0.168. The third-order valence-corrected chi connectivity index (χ3v) is 6.54. The number of carbonyl (C=O) groups is 2. The number of carbonyl (C=O) groups excluding carboxylic acids is 2. The van der Waals surface area contributed by atoms with E-state index in [1.165, 1.54) is 0 Å². The first-order valence-corrected chi connectivity index (χ1v) is 10.6. The van der Waals surface area contributed by atoms with Gasteiger partial charge in [0.05, 0.1) is 11.3 Å². The Bertz CT molecular complexity index is 943. The maximum absolute atomic E-state index is 12.9. The molecule has 6 heteroatoms. The summed E-state index contributed by atoms with van der Waals surface area (Å²) in [7, 11) is 0. The maximum atomic E-state index is 12.9. The second kappa shape index (κ2) is 7.59. The van der Waals surface area contributed by atoms with Gasteiger partial charge in [0.25, 0.3) is 11.8 Å². The Morgan fingerprint density at radius 2 is 2.04 bits per heavy atom. The first kappa shape index (κ1) is 19.0. The van der Waals surface area contributed by atoms with Gasteiger partial charge in [-0.05, 0) is 75.1 Å². The van der Waals surface area contributed by atoms with Crippen molar-refractivity contribution >= 4 is 39.1 Å². The van der Waals surface area contributed by atoms with Gasteiger partial charge in [0.2, 0.25) is 0 Å². The zero-order chi connectivity index (χ0) is 19.8. The molecule has 4 rings (SSSR count). The number of halogens is 1. The topological polar surface area (TPSA) is 52.7 Å². The number of fused-ring (bicyclic) bond motifs is 2. The van der Waals surface area contributed by atoms with Gasteiger partial charge in [-0.1, -0.05) is 15.9 Å². The first-order chi connectivity index (χ1) is 13.5. The highest BCUT2D eigenvalue weighted by Gasteiger charge is 2.38. The molecule has 1 fully saturated rings. The predicted octanol–water partition coefficient (Wildman–Crippen LogP) is 4.80. The lowest BCUT2D eigenvalue weighted by Crippen LogP contribution is -2.57. The zero-order valence-electron chi connectivity index (χ0n) is 16.2. The average Bonchev–Trinajstić information content (AvgIpc) is 2.71. The number of aryl methyl sites for hydroxylation is 1. The quantitative estimate of drug-likeness (QED) is 0.743. The monoisotopic (exact) mass is 441 g/mol. The van der Waals surface area contributed by atoms with Crippen LogP contribution in [0.1, 0.15) is 52.5 Å². The van der Waals surface area contributed by atoms with Crippen LogP contribution in [0, 0.1) is 6.92 Å². The van der Waals surface area contributed by atoms with Gasteiger partial charge in [0.15, 0.2) is 0 Å². The number of anilines is 2. The molecule has 0 bridgehead atoms. The second-order valence-corrected chi connectivity index (χ2v) is 8.27. The van der Waals surface area contributed by atoms with E-state index in [-0.39, 0.29) is 18.0 Å². The molecule has 2 aliphatic rings. The molecule has 5 nitrogen and oxygen atoms in total. The van der Waals surface area contributed by atoms with Gasteiger partial charge in [0, 0.05) is 28.8 Å². The number of nitrogens with zero attached hydrogens (tertiary/aromatic N) is 2. The highest BCUT2D eigenvalue weighted by molar-refractivity contribution is 9.10. The van der Waals surface area contributed by atoms with E-state index in [1.807, 2.05) is 36.1 Å². The molecular weight excluding hydrogens is 418 g/mol. The molecular formula is C22H24BrN3O2. The van der Waals surface area contributed by atoms with Crippen LogP contribution in [0.5, 0.6) is 0 Å². The van der Waals surface area contributed by atoms with E-state index in [4.69, 9.17) is 0 Å².